The van der Waals surface area contributed by atoms with Crippen molar-refractivity contribution in [1.82, 2.24) is 0 Å². The Kier molecular flexibility index (Phi) is 6.36. The summed E-state index contributed by atoms with van der Waals surface area (Å²) in [4.78, 5) is 27.6. The maximum atomic E-state index is 13.2. The first kappa shape index (κ1) is 24.4. The molecule has 1 atom stereocenters. The minimum absolute atomic E-state index is 0.0355. The first-order valence-electron chi connectivity index (χ1n) is 11.1. The summed E-state index contributed by atoms with van der Waals surface area (Å²) < 4.78 is 23.4. The number of rotatable bonds is 5. The van der Waals surface area contributed by atoms with E-state index < -0.39 is 27.8 Å². The van der Waals surface area contributed by atoms with Gasteiger partial charge < -0.3 is 5.11 Å². The van der Waals surface area contributed by atoms with Crippen molar-refractivity contribution < 1.29 is 23.1 Å². The number of aliphatic hydroxyl groups excluding tert-OH is 1. The number of hydrogen-bond donors (Lipinski definition) is 2. The topological polar surface area (TPSA) is 118 Å². The lowest BCUT2D eigenvalue weighted by atomic mass is 9.93. The van der Waals surface area contributed by atoms with Crippen LogP contribution < -0.4 is 10.0 Å². The SMILES string of the molecule is Cc1ccc(/C(O)=C2\C(=O)C(=O)N(c3ccc(S(N)(=O)=O)cc3)C2c2ccc(C(C)C)cc2)cc1. The number of primary sulfonamides is 1. The molecule has 8 heteroatoms. The molecule has 1 amide bonds. The fraction of sp³-hybridized carbons (Fsp3) is 0.185. The highest BCUT2D eigenvalue weighted by Gasteiger charge is 2.47. The lowest BCUT2D eigenvalue weighted by molar-refractivity contribution is -0.132. The van der Waals surface area contributed by atoms with Gasteiger partial charge in [-0.1, -0.05) is 67.9 Å². The van der Waals surface area contributed by atoms with Crippen LogP contribution in [0.4, 0.5) is 5.69 Å². The molecule has 1 saturated heterocycles. The quantitative estimate of drug-likeness (QED) is 0.312. The Morgan fingerprint density at radius 1 is 0.914 bits per heavy atom. The molecule has 0 aromatic heterocycles. The lowest BCUT2D eigenvalue weighted by Crippen LogP contribution is -2.29. The van der Waals surface area contributed by atoms with Crippen LogP contribution in [0.1, 0.15) is 48.1 Å². The molecule has 1 aliphatic heterocycles. The molecular formula is C27H26N2O5S. The van der Waals surface area contributed by atoms with Crippen LogP contribution in [0.15, 0.2) is 83.3 Å². The molecule has 3 aromatic carbocycles. The summed E-state index contributed by atoms with van der Waals surface area (Å²) in [6, 6.07) is 19.0. The molecule has 1 unspecified atom stereocenters. The van der Waals surface area contributed by atoms with Gasteiger partial charge in [0.1, 0.15) is 5.76 Å². The third-order valence-electron chi connectivity index (χ3n) is 6.13. The molecule has 35 heavy (non-hydrogen) atoms. The molecule has 3 aromatic rings. The van der Waals surface area contributed by atoms with E-state index in [2.05, 4.69) is 13.8 Å². The Morgan fingerprint density at radius 3 is 2.00 bits per heavy atom. The number of Topliss-reactive ketones (excluding diaryl/α,β-unsaturated/α-hetero) is 1. The smallest absolute Gasteiger partial charge is 0.300 e. The van der Waals surface area contributed by atoms with Crippen molar-refractivity contribution in [3.63, 3.8) is 0 Å². The molecule has 1 heterocycles. The van der Waals surface area contributed by atoms with Gasteiger partial charge >= 0.3 is 0 Å². The normalized spacial score (nSPS) is 17.9. The second-order valence-corrected chi connectivity index (χ2v) is 10.5. The van der Waals surface area contributed by atoms with Crippen LogP contribution in [-0.4, -0.2) is 25.2 Å². The van der Waals surface area contributed by atoms with Crippen molar-refractivity contribution in [1.29, 1.82) is 0 Å². The molecule has 180 valence electrons. The first-order chi connectivity index (χ1) is 16.5. The lowest BCUT2D eigenvalue weighted by Gasteiger charge is -2.26. The Labute approximate surface area is 204 Å². The maximum Gasteiger partial charge on any atom is 0.300 e. The minimum Gasteiger partial charge on any atom is -0.507 e. The molecule has 3 N–H and O–H groups in total. The fourth-order valence-electron chi connectivity index (χ4n) is 4.14. The highest BCUT2D eigenvalue weighted by molar-refractivity contribution is 7.89. The Bertz CT molecular complexity index is 1420. The summed E-state index contributed by atoms with van der Waals surface area (Å²) in [7, 11) is -3.93. The molecule has 7 nitrogen and oxygen atoms in total. The largest absolute Gasteiger partial charge is 0.507 e. The van der Waals surface area contributed by atoms with Gasteiger partial charge in [0.05, 0.1) is 16.5 Å². The van der Waals surface area contributed by atoms with E-state index in [0.717, 1.165) is 11.1 Å². The second kappa shape index (κ2) is 9.13. The van der Waals surface area contributed by atoms with Crippen molar-refractivity contribution in [2.45, 2.75) is 37.6 Å². The highest BCUT2D eigenvalue weighted by Crippen LogP contribution is 2.42. The molecular weight excluding hydrogens is 464 g/mol. The fourth-order valence-corrected chi connectivity index (χ4v) is 4.66. The van der Waals surface area contributed by atoms with Crippen molar-refractivity contribution in [2.75, 3.05) is 4.90 Å². The summed E-state index contributed by atoms with van der Waals surface area (Å²) in [6.07, 6.45) is 0. The van der Waals surface area contributed by atoms with Gasteiger partial charge in [0.2, 0.25) is 10.0 Å². The van der Waals surface area contributed by atoms with E-state index in [1.165, 1.54) is 29.2 Å². The van der Waals surface area contributed by atoms with Crippen LogP contribution in [0, 0.1) is 6.92 Å². The van der Waals surface area contributed by atoms with Crippen LogP contribution in [0.3, 0.4) is 0 Å². The molecule has 0 spiro atoms. The standard InChI is InChI=1S/C27H26N2O5S/c1-16(2)18-8-10-19(11-9-18)24-23(25(30)20-6-4-17(3)5-7-20)26(31)27(32)29(24)21-12-14-22(15-13-21)35(28,33)34/h4-16,24,30H,1-3H3,(H2,28,33,34)/b25-23+. The van der Waals surface area contributed by atoms with Crippen molar-refractivity contribution in [3.05, 3.63) is 101 Å². The van der Waals surface area contributed by atoms with Crippen LogP contribution >= 0.6 is 0 Å². The van der Waals surface area contributed by atoms with Gasteiger partial charge in [-0.25, -0.2) is 13.6 Å². The summed E-state index contributed by atoms with van der Waals surface area (Å²) in [6.45, 7) is 6.03. The first-order valence-corrected chi connectivity index (χ1v) is 12.6. The molecule has 0 radical (unpaired) electrons. The van der Waals surface area contributed by atoms with E-state index in [0.29, 0.717) is 16.8 Å². The number of hydrogen-bond acceptors (Lipinski definition) is 5. The van der Waals surface area contributed by atoms with Gasteiger partial charge in [0.15, 0.2) is 0 Å². The van der Waals surface area contributed by atoms with Crippen molar-refractivity contribution in [3.8, 4) is 0 Å². The second-order valence-electron chi connectivity index (χ2n) is 8.90. The Balaban J connectivity index is 1.91. The summed E-state index contributed by atoms with van der Waals surface area (Å²) in [5, 5.41) is 16.4. The zero-order chi connectivity index (χ0) is 25.5. The van der Waals surface area contributed by atoms with Gasteiger partial charge in [0.25, 0.3) is 11.7 Å². The predicted octanol–water partition coefficient (Wildman–Crippen LogP) is 4.39. The van der Waals surface area contributed by atoms with E-state index in [1.54, 1.807) is 12.1 Å². The number of anilines is 1. The highest BCUT2D eigenvalue weighted by atomic mass is 32.2. The summed E-state index contributed by atoms with van der Waals surface area (Å²) >= 11 is 0. The number of sulfonamides is 1. The van der Waals surface area contributed by atoms with Gasteiger partial charge in [-0.15, -0.1) is 0 Å². The number of amides is 1. The van der Waals surface area contributed by atoms with E-state index in [-0.39, 0.29) is 22.1 Å². The number of nitrogens with two attached hydrogens (primary N) is 1. The average Bonchev–Trinajstić information content (AvgIpc) is 3.09. The zero-order valence-corrected chi connectivity index (χ0v) is 20.4. The zero-order valence-electron chi connectivity index (χ0n) is 19.6. The average molecular weight is 491 g/mol. The van der Waals surface area contributed by atoms with E-state index >= 15 is 0 Å². The van der Waals surface area contributed by atoms with Crippen LogP contribution in [0.2, 0.25) is 0 Å². The van der Waals surface area contributed by atoms with Gasteiger partial charge in [-0.3, -0.25) is 14.5 Å². The maximum absolute atomic E-state index is 13.2. The van der Waals surface area contributed by atoms with Crippen molar-refractivity contribution in [2.24, 2.45) is 5.14 Å². The number of carbonyl (C=O) groups excluding carboxylic acids is 2. The van der Waals surface area contributed by atoms with E-state index in [9.17, 15) is 23.1 Å². The number of aryl methyl sites for hydroxylation is 1. The number of ketones is 1. The van der Waals surface area contributed by atoms with Crippen LogP contribution in [0.5, 0.6) is 0 Å². The summed E-state index contributed by atoms with van der Waals surface area (Å²) in [5.41, 5.74) is 3.39. The predicted molar refractivity (Wildman–Crippen MR) is 134 cm³/mol. The minimum atomic E-state index is -3.93. The molecule has 1 fully saturated rings. The molecule has 0 aliphatic carbocycles. The monoisotopic (exact) mass is 490 g/mol. The van der Waals surface area contributed by atoms with Crippen LogP contribution in [0.25, 0.3) is 5.76 Å². The number of aliphatic hydroxyl groups is 1. The third-order valence-corrected chi connectivity index (χ3v) is 7.06. The van der Waals surface area contributed by atoms with E-state index in [1.807, 2.05) is 43.3 Å². The van der Waals surface area contributed by atoms with Gasteiger partial charge in [-0.05, 0) is 48.2 Å². The number of nitrogens with zero attached hydrogens (tertiary/aromatic N) is 1. The van der Waals surface area contributed by atoms with E-state index in [4.69, 9.17) is 5.14 Å². The molecule has 0 bridgehead atoms. The van der Waals surface area contributed by atoms with Gasteiger partial charge in [-0.2, -0.15) is 0 Å². The number of carbonyl (C=O) groups is 2. The summed E-state index contributed by atoms with van der Waals surface area (Å²) in [5.74, 6) is -1.63. The Hall–Kier alpha value is -3.75. The molecule has 0 saturated carbocycles. The van der Waals surface area contributed by atoms with Crippen LogP contribution in [-0.2, 0) is 19.6 Å². The third kappa shape index (κ3) is 4.62. The molecule has 4 rings (SSSR count). The number of benzene rings is 3. The Morgan fingerprint density at radius 2 is 1.49 bits per heavy atom. The molecule has 1 aliphatic rings. The van der Waals surface area contributed by atoms with Gasteiger partial charge in [0, 0.05) is 11.3 Å². The van der Waals surface area contributed by atoms with Crippen molar-refractivity contribution >= 4 is 33.2 Å².